The molecular weight excluding hydrogens is 495 g/mol. The predicted octanol–water partition coefficient (Wildman–Crippen LogP) is 5.69. The summed E-state index contributed by atoms with van der Waals surface area (Å²) in [5.41, 5.74) is 1.66. The molecule has 178 valence electrons. The Bertz CT molecular complexity index is 1110. The van der Waals surface area contributed by atoms with E-state index in [2.05, 4.69) is 21.2 Å². The van der Waals surface area contributed by atoms with E-state index in [9.17, 15) is 14.0 Å². The SMILES string of the molecule is CC(C)(C)NC(=O)[C@H](Cc1ccccc1)N(Cc1ccc(Br)cc1)C(=O)Cc1ccccc1F. The lowest BCUT2D eigenvalue weighted by atomic mass is 9.99. The third-order valence-electron chi connectivity index (χ3n) is 5.33. The van der Waals surface area contributed by atoms with E-state index in [0.29, 0.717) is 12.0 Å². The third-order valence-corrected chi connectivity index (χ3v) is 5.86. The number of benzene rings is 3. The summed E-state index contributed by atoms with van der Waals surface area (Å²) in [7, 11) is 0. The van der Waals surface area contributed by atoms with E-state index in [-0.39, 0.29) is 24.8 Å². The first-order valence-electron chi connectivity index (χ1n) is 11.3. The molecule has 0 radical (unpaired) electrons. The van der Waals surface area contributed by atoms with Crippen molar-refractivity contribution in [2.45, 2.75) is 51.7 Å². The fourth-order valence-electron chi connectivity index (χ4n) is 3.70. The molecule has 3 rings (SSSR count). The van der Waals surface area contributed by atoms with Crippen LogP contribution in [0, 0.1) is 5.82 Å². The topological polar surface area (TPSA) is 49.4 Å². The number of carbonyl (C=O) groups excluding carboxylic acids is 2. The highest BCUT2D eigenvalue weighted by molar-refractivity contribution is 9.10. The molecule has 34 heavy (non-hydrogen) atoms. The highest BCUT2D eigenvalue weighted by Crippen LogP contribution is 2.19. The van der Waals surface area contributed by atoms with Crippen molar-refractivity contribution in [3.05, 3.63) is 106 Å². The van der Waals surface area contributed by atoms with Crippen LogP contribution in [0.3, 0.4) is 0 Å². The van der Waals surface area contributed by atoms with Crippen LogP contribution in [0.1, 0.15) is 37.5 Å². The maximum Gasteiger partial charge on any atom is 0.243 e. The molecule has 0 fully saturated rings. The number of amides is 2. The van der Waals surface area contributed by atoms with Crippen LogP contribution in [-0.2, 0) is 29.0 Å². The molecule has 0 aliphatic carbocycles. The van der Waals surface area contributed by atoms with Gasteiger partial charge in [0.2, 0.25) is 11.8 Å². The molecule has 0 aliphatic rings. The van der Waals surface area contributed by atoms with Crippen LogP contribution in [-0.4, -0.2) is 28.3 Å². The van der Waals surface area contributed by atoms with Crippen LogP contribution >= 0.6 is 15.9 Å². The van der Waals surface area contributed by atoms with E-state index in [1.807, 2.05) is 75.4 Å². The Morgan fingerprint density at radius 2 is 1.53 bits per heavy atom. The summed E-state index contributed by atoms with van der Waals surface area (Å²) in [5, 5.41) is 3.03. The van der Waals surface area contributed by atoms with Crippen molar-refractivity contribution in [1.29, 1.82) is 0 Å². The van der Waals surface area contributed by atoms with Crippen LogP contribution < -0.4 is 5.32 Å². The Hall–Kier alpha value is -2.99. The quantitative estimate of drug-likeness (QED) is 0.411. The minimum atomic E-state index is -0.760. The first kappa shape index (κ1) is 25.6. The van der Waals surface area contributed by atoms with Crippen LogP contribution in [0.5, 0.6) is 0 Å². The van der Waals surface area contributed by atoms with Gasteiger partial charge >= 0.3 is 0 Å². The number of nitrogens with zero attached hydrogens (tertiary/aromatic N) is 1. The Balaban J connectivity index is 1.99. The normalized spacial score (nSPS) is 12.1. The molecule has 1 atom stereocenters. The standard InChI is InChI=1S/C28H30BrFN2O2/c1-28(2,3)31-27(34)25(17-20-9-5-4-6-10-20)32(19-21-13-15-23(29)16-14-21)26(33)18-22-11-7-8-12-24(22)30/h4-16,25H,17-19H2,1-3H3,(H,31,34)/t25-/m0/s1. The van der Waals surface area contributed by atoms with Crippen molar-refractivity contribution in [3.63, 3.8) is 0 Å². The van der Waals surface area contributed by atoms with Crippen molar-refractivity contribution >= 4 is 27.7 Å². The van der Waals surface area contributed by atoms with Crippen molar-refractivity contribution < 1.29 is 14.0 Å². The highest BCUT2D eigenvalue weighted by Gasteiger charge is 2.32. The summed E-state index contributed by atoms with van der Waals surface area (Å²) in [6, 6.07) is 22.7. The molecule has 0 heterocycles. The zero-order valence-corrected chi connectivity index (χ0v) is 21.3. The Morgan fingerprint density at radius 1 is 0.912 bits per heavy atom. The van der Waals surface area contributed by atoms with Gasteiger partial charge < -0.3 is 10.2 Å². The highest BCUT2D eigenvalue weighted by atomic mass is 79.9. The molecule has 4 nitrogen and oxygen atoms in total. The largest absolute Gasteiger partial charge is 0.350 e. The summed E-state index contributed by atoms with van der Waals surface area (Å²) in [5.74, 6) is -0.980. The average molecular weight is 525 g/mol. The molecule has 3 aromatic carbocycles. The summed E-state index contributed by atoms with van der Waals surface area (Å²) in [4.78, 5) is 28.7. The number of halogens is 2. The van der Waals surface area contributed by atoms with Crippen molar-refractivity contribution in [3.8, 4) is 0 Å². The van der Waals surface area contributed by atoms with E-state index >= 15 is 0 Å². The number of rotatable bonds is 8. The second-order valence-electron chi connectivity index (χ2n) is 9.36. The minimum Gasteiger partial charge on any atom is -0.350 e. The maximum absolute atomic E-state index is 14.4. The first-order chi connectivity index (χ1) is 16.1. The molecular formula is C28H30BrFN2O2. The van der Waals surface area contributed by atoms with Gasteiger partial charge in [-0.2, -0.15) is 0 Å². The molecule has 0 saturated carbocycles. The first-order valence-corrected chi connectivity index (χ1v) is 12.0. The molecule has 2 amide bonds. The monoisotopic (exact) mass is 524 g/mol. The van der Waals surface area contributed by atoms with Gasteiger partial charge in [-0.05, 0) is 55.7 Å². The lowest BCUT2D eigenvalue weighted by molar-refractivity contribution is -0.141. The van der Waals surface area contributed by atoms with Gasteiger partial charge in [0.05, 0.1) is 6.42 Å². The number of carbonyl (C=O) groups is 2. The molecule has 3 aromatic rings. The second-order valence-corrected chi connectivity index (χ2v) is 10.3. The summed E-state index contributed by atoms with van der Waals surface area (Å²) >= 11 is 3.44. The lowest BCUT2D eigenvalue weighted by Gasteiger charge is -2.34. The minimum absolute atomic E-state index is 0.128. The van der Waals surface area contributed by atoms with Gasteiger partial charge in [0.1, 0.15) is 11.9 Å². The molecule has 0 aromatic heterocycles. The van der Waals surface area contributed by atoms with Gasteiger partial charge in [-0.3, -0.25) is 9.59 Å². The fourth-order valence-corrected chi connectivity index (χ4v) is 3.96. The van der Waals surface area contributed by atoms with Gasteiger partial charge in [0, 0.05) is 23.0 Å². The van der Waals surface area contributed by atoms with Gasteiger partial charge in [-0.15, -0.1) is 0 Å². The summed E-state index contributed by atoms with van der Waals surface area (Å²) < 4.78 is 15.3. The van der Waals surface area contributed by atoms with E-state index in [1.54, 1.807) is 23.1 Å². The zero-order chi connectivity index (χ0) is 24.7. The Labute approximate surface area is 209 Å². The van der Waals surface area contributed by atoms with Gasteiger partial charge in [0.15, 0.2) is 0 Å². The predicted molar refractivity (Wildman–Crippen MR) is 137 cm³/mol. The molecule has 1 N–H and O–H groups in total. The Kier molecular flexibility index (Phi) is 8.61. The van der Waals surface area contributed by atoms with E-state index in [1.165, 1.54) is 6.07 Å². The summed E-state index contributed by atoms with van der Waals surface area (Å²) in [6.07, 6.45) is 0.222. The van der Waals surface area contributed by atoms with Crippen LogP contribution in [0.25, 0.3) is 0 Å². The molecule has 0 saturated heterocycles. The molecule has 0 spiro atoms. The lowest BCUT2D eigenvalue weighted by Crippen LogP contribution is -2.54. The van der Waals surface area contributed by atoms with E-state index in [0.717, 1.165) is 15.6 Å². The van der Waals surface area contributed by atoms with Crippen molar-refractivity contribution in [2.24, 2.45) is 0 Å². The van der Waals surface area contributed by atoms with Gasteiger partial charge in [-0.1, -0.05) is 76.6 Å². The van der Waals surface area contributed by atoms with Crippen LogP contribution in [0.15, 0.2) is 83.3 Å². The molecule has 6 heteroatoms. The number of nitrogens with one attached hydrogen (secondary N) is 1. The number of hydrogen-bond acceptors (Lipinski definition) is 2. The van der Waals surface area contributed by atoms with Gasteiger partial charge in [-0.25, -0.2) is 4.39 Å². The molecule has 0 bridgehead atoms. The van der Waals surface area contributed by atoms with Gasteiger partial charge in [0.25, 0.3) is 0 Å². The zero-order valence-electron chi connectivity index (χ0n) is 19.7. The fraction of sp³-hybridized carbons (Fsp3) is 0.286. The number of hydrogen-bond donors (Lipinski definition) is 1. The molecule has 0 aliphatic heterocycles. The third kappa shape index (κ3) is 7.52. The summed E-state index contributed by atoms with van der Waals surface area (Å²) in [6.45, 7) is 5.95. The van der Waals surface area contributed by atoms with E-state index < -0.39 is 17.4 Å². The van der Waals surface area contributed by atoms with Crippen molar-refractivity contribution in [1.82, 2.24) is 10.2 Å². The maximum atomic E-state index is 14.4. The van der Waals surface area contributed by atoms with E-state index in [4.69, 9.17) is 0 Å². The van der Waals surface area contributed by atoms with Crippen molar-refractivity contribution in [2.75, 3.05) is 0 Å². The smallest absolute Gasteiger partial charge is 0.243 e. The van der Waals surface area contributed by atoms with Crippen LogP contribution in [0.4, 0.5) is 4.39 Å². The Morgan fingerprint density at radius 3 is 2.15 bits per heavy atom. The van der Waals surface area contributed by atoms with Crippen LogP contribution in [0.2, 0.25) is 0 Å². The second kappa shape index (κ2) is 11.4. The molecule has 0 unspecified atom stereocenters. The average Bonchev–Trinajstić information content (AvgIpc) is 2.78.